The summed E-state index contributed by atoms with van der Waals surface area (Å²) in [6, 6.07) is 7.68. The maximum atomic E-state index is 11.9. The fraction of sp³-hybridized carbons (Fsp3) is 0.231. The van der Waals surface area contributed by atoms with Crippen molar-refractivity contribution >= 4 is 35.1 Å². The summed E-state index contributed by atoms with van der Waals surface area (Å²) in [6.07, 6.45) is 0. The summed E-state index contributed by atoms with van der Waals surface area (Å²) in [4.78, 5) is 20.2. The van der Waals surface area contributed by atoms with E-state index in [1.54, 1.807) is 23.5 Å². The Kier molecular flexibility index (Phi) is 3.86. The molecule has 3 rings (SSSR count). The zero-order valence-electron chi connectivity index (χ0n) is 9.98. The van der Waals surface area contributed by atoms with Crippen molar-refractivity contribution in [2.45, 2.75) is 22.2 Å². The summed E-state index contributed by atoms with van der Waals surface area (Å²) < 4.78 is 0. The normalized spacial score (nSPS) is 13.5. The number of benzene rings is 1. The van der Waals surface area contributed by atoms with Gasteiger partial charge >= 0.3 is 0 Å². The molecule has 1 aliphatic rings. The van der Waals surface area contributed by atoms with Crippen molar-refractivity contribution in [1.29, 1.82) is 0 Å². The monoisotopic (exact) mass is 310 g/mol. The molecule has 0 saturated heterocycles. The molecule has 3 nitrogen and oxygen atoms in total. The Labute approximate surface area is 124 Å². The van der Waals surface area contributed by atoms with Gasteiger partial charge in [0.15, 0.2) is 0 Å². The Morgan fingerprint density at radius 3 is 3.05 bits per heavy atom. The molecule has 6 heteroatoms. The first-order valence-electron chi connectivity index (χ1n) is 5.80. The molecule has 0 fully saturated rings. The van der Waals surface area contributed by atoms with E-state index in [-0.39, 0.29) is 5.56 Å². The largest absolute Gasteiger partial charge is 0.310 e. The molecule has 0 unspecified atom stereocenters. The lowest BCUT2D eigenvalue weighted by atomic mass is 10.3. The summed E-state index contributed by atoms with van der Waals surface area (Å²) >= 11 is 9.41. The average molecular weight is 311 g/mol. The lowest BCUT2D eigenvalue weighted by Gasteiger charge is -2.05. The Morgan fingerprint density at radius 1 is 1.37 bits per heavy atom. The number of hydrogen-bond acceptors (Lipinski definition) is 4. The maximum Gasteiger partial charge on any atom is 0.255 e. The van der Waals surface area contributed by atoms with Crippen molar-refractivity contribution in [2.75, 3.05) is 0 Å². The summed E-state index contributed by atoms with van der Waals surface area (Å²) in [5.41, 5.74) is 1.77. The molecule has 0 radical (unpaired) electrons. The van der Waals surface area contributed by atoms with Gasteiger partial charge in [0.2, 0.25) is 0 Å². The predicted octanol–water partition coefficient (Wildman–Crippen LogP) is 3.46. The van der Waals surface area contributed by atoms with Crippen LogP contribution in [0.4, 0.5) is 0 Å². The smallest absolute Gasteiger partial charge is 0.255 e. The van der Waals surface area contributed by atoms with E-state index in [9.17, 15) is 4.79 Å². The van der Waals surface area contributed by atoms with Gasteiger partial charge in [0.1, 0.15) is 5.82 Å². The van der Waals surface area contributed by atoms with Crippen molar-refractivity contribution in [1.82, 2.24) is 9.97 Å². The third-order valence-electron chi connectivity index (χ3n) is 2.84. The van der Waals surface area contributed by atoms with Crippen LogP contribution in [0.1, 0.15) is 17.1 Å². The molecule has 2 heterocycles. The minimum atomic E-state index is 0.00441. The van der Waals surface area contributed by atoms with Gasteiger partial charge in [0.05, 0.1) is 16.5 Å². The summed E-state index contributed by atoms with van der Waals surface area (Å²) in [6.45, 7) is 0. The van der Waals surface area contributed by atoms with Crippen LogP contribution < -0.4 is 5.56 Å². The van der Waals surface area contributed by atoms with Crippen LogP contribution >= 0.6 is 35.1 Å². The van der Waals surface area contributed by atoms with E-state index in [0.717, 1.165) is 38.5 Å². The van der Waals surface area contributed by atoms with E-state index in [4.69, 9.17) is 11.6 Å². The van der Waals surface area contributed by atoms with Gasteiger partial charge < -0.3 is 4.98 Å². The number of aromatic amines is 1. The molecule has 1 aromatic carbocycles. The van der Waals surface area contributed by atoms with Gasteiger partial charge in [-0.05, 0) is 12.1 Å². The van der Waals surface area contributed by atoms with Crippen molar-refractivity contribution in [3.05, 3.63) is 56.7 Å². The second-order valence-corrected chi connectivity index (χ2v) is 6.56. The molecule has 0 saturated carbocycles. The van der Waals surface area contributed by atoms with Gasteiger partial charge in [0.25, 0.3) is 5.56 Å². The number of nitrogens with zero attached hydrogens (tertiary/aromatic N) is 1. The number of hydrogen-bond donors (Lipinski definition) is 1. The standard InChI is InChI=1S/C13H11ClN2OS2/c14-9-3-1-2-4-11(9)19-7-12-15-10-6-18-5-8(10)13(17)16-12/h1-4H,5-7H2,(H,15,16,17). The van der Waals surface area contributed by atoms with Crippen LogP contribution in [0, 0.1) is 0 Å². The van der Waals surface area contributed by atoms with Crippen LogP contribution in [0.3, 0.4) is 0 Å². The van der Waals surface area contributed by atoms with Crippen LogP contribution in [0.25, 0.3) is 0 Å². The predicted molar refractivity (Wildman–Crippen MR) is 80.9 cm³/mol. The first-order valence-corrected chi connectivity index (χ1v) is 8.32. The molecule has 0 amide bonds. The van der Waals surface area contributed by atoms with Gasteiger partial charge in [-0.2, -0.15) is 11.8 Å². The van der Waals surface area contributed by atoms with Gasteiger partial charge in [-0.25, -0.2) is 4.98 Å². The second-order valence-electron chi connectivity index (χ2n) is 4.15. The Hall–Kier alpha value is -0.910. The third kappa shape index (κ3) is 2.83. The van der Waals surface area contributed by atoms with E-state index < -0.39 is 0 Å². The fourth-order valence-electron chi connectivity index (χ4n) is 1.89. The number of H-pyrrole nitrogens is 1. The molecule has 0 aliphatic carbocycles. The van der Waals surface area contributed by atoms with Crippen LogP contribution in [0.15, 0.2) is 34.0 Å². The van der Waals surface area contributed by atoms with E-state index in [2.05, 4.69) is 9.97 Å². The summed E-state index contributed by atoms with van der Waals surface area (Å²) in [5, 5.41) is 0.728. The van der Waals surface area contributed by atoms with Crippen molar-refractivity contribution in [3.8, 4) is 0 Å². The quantitative estimate of drug-likeness (QED) is 0.882. The highest BCUT2D eigenvalue weighted by atomic mass is 35.5. The molecule has 98 valence electrons. The van der Waals surface area contributed by atoms with Crippen LogP contribution in [0.2, 0.25) is 5.02 Å². The zero-order chi connectivity index (χ0) is 13.2. The van der Waals surface area contributed by atoms with Gasteiger partial charge in [-0.15, -0.1) is 11.8 Å². The van der Waals surface area contributed by atoms with Gasteiger partial charge in [-0.3, -0.25) is 4.79 Å². The molecule has 19 heavy (non-hydrogen) atoms. The molecular formula is C13H11ClN2OS2. The molecular weight excluding hydrogens is 300 g/mol. The second kappa shape index (κ2) is 5.61. The topological polar surface area (TPSA) is 45.8 Å². The zero-order valence-corrected chi connectivity index (χ0v) is 12.4. The molecule has 0 bridgehead atoms. The van der Waals surface area contributed by atoms with E-state index in [0.29, 0.717) is 5.75 Å². The van der Waals surface area contributed by atoms with E-state index in [1.807, 2.05) is 24.3 Å². The highest BCUT2D eigenvalue weighted by Gasteiger charge is 2.17. The van der Waals surface area contributed by atoms with Crippen molar-refractivity contribution in [3.63, 3.8) is 0 Å². The molecule has 1 aliphatic heterocycles. The molecule has 0 atom stereocenters. The lowest BCUT2D eigenvalue weighted by molar-refractivity contribution is 0.943. The molecule has 1 aromatic heterocycles. The first-order chi connectivity index (χ1) is 9.24. The maximum absolute atomic E-state index is 11.9. The Balaban J connectivity index is 1.80. The van der Waals surface area contributed by atoms with E-state index >= 15 is 0 Å². The fourth-order valence-corrected chi connectivity index (χ4v) is 4.04. The number of fused-ring (bicyclic) bond motifs is 1. The SMILES string of the molecule is O=c1[nH]c(CSc2ccccc2Cl)nc2c1CSC2. The molecule has 1 N–H and O–H groups in total. The molecule has 2 aromatic rings. The van der Waals surface area contributed by atoms with Crippen molar-refractivity contribution in [2.24, 2.45) is 0 Å². The number of aromatic nitrogens is 2. The van der Waals surface area contributed by atoms with Gasteiger partial charge in [0, 0.05) is 22.0 Å². The highest BCUT2D eigenvalue weighted by molar-refractivity contribution is 7.98. The average Bonchev–Trinajstić information content (AvgIpc) is 2.87. The Bertz CT molecular complexity index is 672. The Morgan fingerprint density at radius 2 is 2.21 bits per heavy atom. The van der Waals surface area contributed by atoms with E-state index in [1.165, 1.54) is 0 Å². The summed E-state index contributed by atoms with van der Waals surface area (Å²) in [5.74, 6) is 2.95. The van der Waals surface area contributed by atoms with Crippen molar-refractivity contribution < 1.29 is 0 Å². The minimum absolute atomic E-state index is 0.00441. The summed E-state index contributed by atoms with van der Waals surface area (Å²) in [7, 11) is 0. The van der Waals surface area contributed by atoms with Gasteiger partial charge in [-0.1, -0.05) is 23.7 Å². The van der Waals surface area contributed by atoms with Crippen LogP contribution in [0.5, 0.6) is 0 Å². The highest BCUT2D eigenvalue weighted by Crippen LogP contribution is 2.29. The third-order valence-corrected chi connectivity index (χ3v) is 5.33. The van der Waals surface area contributed by atoms with Crippen LogP contribution in [-0.2, 0) is 17.3 Å². The first kappa shape index (κ1) is 13.1. The lowest BCUT2D eigenvalue weighted by Crippen LogP contribution is -2.16. The van der Waals surface area contributed by atoms with Crippen LogP contribution in [-0.4, -0.2) is 9.97 Å². The number of thioether (sulfide) groups is 2. The number of rotatable bonds is 3. The molecule has 0 spiro atoms. The minimum Gasteiger partial charge on any atom is -0.310 e. The number of halogens is 1. The number of nitrogens with one attached hydrogen (secondary N) is 1.